The Labute approximate surface area is 165 Å². The molecule has 28 heavy (non-hydrogen) atoms. The van der Waals surface area contributed by atoms with Crippen molar-refractivity contribution in [3.63, 3.8) is 0 Å². The molecule has 2 aromatic carbocycles. The maximum absolute atomic E-state index is 12.1. The Morgan fingerprint density at radius 1 is 1.07 bits per heavy atom. The quantitative estimate of drug-likeness (QED) is 0.623. The van der Waals surface area contributed by atoms with E-state index in [1.807, 2.05) is 53.9 Å². The average molecular weight is 391 g/mol. The fourth-order valence-corrected chi connectivity index (χ4v) is 3.45. The minimum atomic E-state index is -0.764. The Balaban J connectivity index is 1.38. The molecule has 7 nitrogen and oxygen atoms in total. The molecule has 3 aromatic rings. The first kappa shape index (κ1) is 17.9. The summed E-state index contributed by atoms with van der Waals surface area (Å²) in [6, 6.07) is 18.2. The van der Waals surface area contributed by atoms with E-state index in [1.54, 1.807) is 12.1 Å². The van der Waals surface area contributed by atoms with Crippen LogP contribution in [0.2, 0.25) is 0 Å². The molecule has 1 aliphatic rings. The summed E-state index contributed by atoms with van der Waals surface area (Å²) in [7, 11) is 0. The zero-order valence-corrected chi connectivity index (χ0v) is 15.6. The first-order valence-electron chi connectivity index (χ1n) is 8.69. The maximum Gasteiger partial charge on any atom is 0.252 e. The van der Waals surface area contributed by atoms with Crippen LogP contribution in [0.3, 0.4) is 0 Å². The first-order chi connectivity index (χ1) is 13.7. The van der Waals surface area contributed by atoms with Crippen LogP contribution in [-0.2, 0) is 9.59 Å². The van der Waals surface area contributed by atoms with E-state index in [0.717, 1.165) is 11.3 Å². The van der Waals surface area contributed by atoms with Crippen LogP contribution in [0, 0.1) is 0 Å². The molecular weight excluding hydrogens is 374 g/mol. The van der Waals surface area contributed by atoms with Crippen molar-refractivity contribution in [2.24, 2.45) is 4.99 Å². The second-order valence-corrected chi connectivity index (χ2v) is 6.99. The lowest BCUT2D eigenvalue weighted by atomic mass is 10.2. The number of para-hydroxylation sites is 1. The zero-order chi connectivity index (χ0) is 19.3. The number of carbonyl (C=O) groups is 2. The molecule has 2 amide bonds. The number of aliphatic imine (C=N–C) groups is 1. The molecule has 1 aromatic heterocycles. The number of hydrogen-bond acceptors (Lipinski definition) is 6. The van der Waals surface area contributed by atoms with E-state index in [9.17, 15) is 9.59 Å². The highest BCUT2D eigenvalue weighted by molar-refractivity contribution is 7.14. The van der Waals surface area contributed by atoms with Crippen LogP contribution < -0.4 is 16.0 Å². The number of hydrogen-bond donors (Lipinski definition) is 3. The first-order valence-corrected chi connectivity index (χ1v) is 9.57. The van der Waals surface area contributed by atoms with Gasteiger partial charge in [0.25, 0.3) is 5.91 Å². The van der Waals surface area contributed by atoms with Gasteiger partial charge in [0.05, 0.1) is 12.1 Å². The molecule has 140 valence electrons. The normalized spacial score (nSPS) is 15.6. The van der Waals surface area contributed by atoms with Crippen LogP contribution in [0.4, 0.5) is 10.8 Å². The van der Waals surface area contributed by atoms with Crippen LogP contribution in [0.5, 0.6) is 0 Å². The summed E-state index contributed by atoms with van der Waals surface area (Å²) in [5, 5.41) is 11.0. The van der Waals surface area contributed by atoms with Crippen molar-refractivity contribution >= 4 is 39.9 Å². The van der Waals surface area contributed by atoms with E-state index < -0.39 is 6.04 Å². The van der Waals surface area contributed by atoms with Gasteiger partial charge in [-0.15, -0.1) is 11.3 Å². The van der Waals surface area contributed by atoms with Crippen molar-refractivity contribution in [3.05, 3.63) is 66.0 Å². The number of aromatic nitrogens is 1. The van der Waals surface area contributed by atoms with Crippen LogP contribution in [0.15, 0.2) is 71.0 Å². The van der Waals surface area contributed by atoms with Gasteiger partial charge >= 0.3 is 0 Å². The molecular formula is C20H17N5O2S. The number of thiazole rings is 1. The predicted octanol–water partition coefficient (Wildman–Crippen LogP) is 3.11. The van der Waals surface area contributed by atoms with E-state index in [1.165, 1.54) is 11.3 Å². The number of nitrogens with one attached hydrogen (secondary N) is 3. The van der Waals surface area contributed by atoms with E-state index in [2.05, 4.69) is 25.9 Å². The summed E-state index contributed by atoms with van der Waals surface area (Å²) in [5.41, 5.74) is 2.54. The van der Waals surface area contributed by atoms with Gasteiger partial charge in [-0.05, 0) is 12.1 Å². The Hall–Kier alpha value is -3.52. The molecule has 4 rings (SSSR count). The summed E-state index contributed by atoms with van der Waals surface area (Å²) in [6.07, 6.45) is -0.0287. The predicted molar refractivity (Wildman–Crippen MR) is 110 cm³/mol. The summed E-state index contributed by atoms with van der Waals surface area (Å²) in [5.74, 6) is -0.279. The van der Waals surface area contributed by atoms with Gasteiger partial charge in [0.2, 0.25) is 11.9 Å². The third-order valence-electron chi connectivity index (χ3n) is 4.06. The number of anilines is 2. The molecule has 1 unspecified atom stereocenters. The number of guanidine groups is 1. The molecule has 0 bridgehead atoms. The number of carbonyl (C=O) groups excluding carboxylic acids is 2. The van der Waals surface area contributed by atoms with Gasteiger partial charge in [-0.3, -0.25) is 14.9 Å². The van der Waals surface area contributed by atoms with Gasteiger partial charge in [-0.25, -0.2) is 9.98 Å². The molecule has 0 aliphatic carbocycles. The summed E-state index contributed by atoms with van der Waals surface area (Å²) in [4.78, 5) is 33.1. The number of benzene rings is 2. The summed E-state index contributed by atoms with van der Waals surface area (Å²) in [6.45, 7) is 0. The highest BCUT2D eigenvalue weighted by atomic mass is 32.1. The Morgan fingerprint density at radius 3 is 2.54 bits per heavy atom. The highest BCUT2D eigenvalue weighted by Crippen LogP contribution is 2.24. The highest BCUT2D eigenvalue weighted by Gasteiger charge is 2.29. The standard InChI is InChI=1S/C20H17N5O2S/c26-17(21-14-9-5-2-6-10-14)11-15-18(27)24-19(22-15)25-20-23-16(12-28-20)13-7-3-1-4-8-13/h1-10,12,15H,11H2,(H,21,26)(H2,22,23,24,25,27). The van der Waals surface area contributed by atoms with Crippen LogP contribution in [0.25, 0.3) is 11.3 Å². The molecule has 8 heteroatoms. The Morgan fingerprint density at radius 2 is 1.79 bits per heavy atom. The molecule has 1 aliphatic heterocycles. The Bertz CT molecular complexity index is 1020. The molecule has 0 spiro atoms. The van der Waals surface area contributed by atoms with E-state index in [0.29, 0.717) is 16.8 Å². The second-order valence-electron chi connectivity index (χ2n) is 6.13. The maximum atomic E-state index is 12.1. The third kappa shape index (κ3) is 4.24. The SMILES string of the molecule is O=C(CC1N=C(Nc2nc(-c3ccccc3)cs2)NC1=O)Nc1ccccc1. The molecule has 0 saturated heterocycles. The smallest absolute Gasteiger partial charge is 0.252 e. The minimum absolute atomic E-state index is 0.0287. The van der Waals surface area contributed by atoms with Crippen molar-refractivity contribution in [1.29, 1.82) is 0 Å². The van der Waals surface area contributed by atoms with Crippen LogP contribution >= 0.6 is 11.3 Å². The van der Waals surface area contributed by atoms with Crippen LogP contribution in [-0.4, -0.2) is 28.8 Å². The summed E-state index contributed by atoms with van der Waals surface area (Å²) >= 11 is 1.42. The van der Waals surface area contributed by atoms with Crippen molar-refractivity contribution in [1.82, 2.24) is 10.3 Å². The number of nitrogens with zero attached hydrogens (tertiary/aromatic N) is 2. The topological polar surface area (TPSA) is 95.5 Å². The largest absolute Gasteiger partial charge is 0.326 e. The fourth-order valence-electron chi connectivity index (χ4n) is 2.73. The van der Waals surface area contributed by atoms with Crippen molar-refractivity contribution in [2.75, 3.05) is 10.6 Å². The lowest BCUT2D eigenvalue weighted by Gasteiger charge is -2.06. The number of amides is 2. The lowest BCUT2D eigenvalue weighted by Crippen LogP contribution is -2.33. The monoisotopic (exact) mass is 391 g/mol. The Kier molecular flexibility index (Phi) is 5.11. The molecule has 3 N–H and O–H groups in total. The lowest BCUT2D eigenvalue weighted by molar-refractivity contribution is -0.123. The van der Waals surface area contributed by atoms with Gasteiger partial charge in [0.1, 0.15) is 6.04 Å². The average Bonchev–Trinajstić information content (AvgIpc) is 3.30. The minimum Gasteiger partial charge on any atom is -0.326 e. The van der Waals surface area contributed by atoms with Gasteiger partial charge in [0, 0.05) is 16.6 Å². The molecule has 0 saturated carbocycles. The van der Waals surface area contributed by atoms with Gasteiger partial charge in [0.15, 0.2) is 5.13 Å². The number of rotatable bonds is 5. The van der Waals surface area contributed by atoms with Gasteiger partial charge in [-0.2, -0.15) is 0 Å². The van der Waals surface area contributed by atoms with E-state index >= 15 is 0 Å². The van der Waals surface area contributed by atoms with Crippen molar-refractivity contribution in [3.8, 4) is 11.3 Å². The second kappa shape index (κ2) is 8.01. The van der Waals surface area contributed by atoms with Gasteiger partial charge in [-0.1, -0.05) is 48.5 Å². The molecule has 2 heterocycles. The summed E-state index contributed by atoms with van der Waals surface area (Å²) < 4.78 is 0. The van der Waals surface area contributed by atoms with E-state index in [-0.39, 0.29) is 18.2 Å². The van der Waals surface area contributed by atoms with E-state index in [4.69, 9.17) is 0 Å². The third-order valence-corrected chi connectivity index (χ3v) is 4.82. The molecule has 0 fully saturated rings. The molecule has 1 atom stereocenters. The zero-order valence-electron chi connectivity index (χ0n) is 14.8. The van der Waals surface area contributed by atoms with Crippen LogP contribution in [0.1, 0.15) is 6.42 Å². The fraction of sp³-hybridized carbons (Fsp3) is 0.100. The van der Waals surface area contributed by atoms with Gasteiger partial charge < -0.3 is 10.6 Å². The van der Waals surface area contributed by atoms with Crippen molar-refractivity contribution in [2.45, 2.75) is 12.5 Å². The van der Waals surface area contributed by atoms with Crippen molar-refractivity contribution < 1.29 is 9.59 Å². The molecule has 0 radical (unpaired) electrons.